The van der Waals surface area contributed by atoms with Gasteiger partial charge in [-0.05, 0) is 19.3 Å². The van der Waals surface area contributed by atoms with Crippen molar-refractivity contribution >= 4 is 5.91 Å². The average molecular weight is 323 g/mol. The van der Waals surface area contributed by atoms with E-state index in [9.17, 15) is 23.1 Å². The number of ether oxygens (including phenoxy) is 1. The normalized spacial score (nSPS) is 24.5. The summed E-state index contributed by atoms with van der Waals surface area (Å²) in [5.74, 6) is -0.251. The molecule has 0 bridgehead atoms. The van der Waals surface area contributed by atoms with Gasteiger partial charge in [-0.15, -0.1) is 0 Å². The van der Waals surface area contributed by atoms with Crippen molar-refractivity contribution in [1.29, 1.82) is 0 Å². The van der Waals surface area contributed by atoms with Crippen molar-refractivity contribution in [3.8, 4) is 0 Å². The summed E-state index contributed by atoms with van der Waals surface area (Å²) < 4.78 is 44.1. The van der Waals surface area contributed by atoms with Crippen LogP contribution < -0.4 is 0 Å². The third-order valence-corrected chi connectivity index (χ3v) is 4.74. The number of rotatable bonds is 4. The smallest absolute Gasteiger partial charge is 0.380 e. The molecule has 1 unspecified atom stereocenters. The Kier molecular flexibility index (Phi) is 5.37. The molecule has 0 aromatic heterocycles. The lowest BCUT2D eigenvalue weighted by molar-refractivity contribution is -0.272. The van der Waals surface area contributed by atoms with Gasteiger partial charge in [0.25, 0.3) is 5.91 Å². The Morgan fingerprint density at radius 1 is 1.32 bits per heavy atom. The highest BCUT2D eigenvalue weighted by molar-refractivity contribution is 5.81. The van der Waals surface area contributed by atoms with Crippen molar-refractivity contribution in [3.63, 3.8) is 0 Å². The van der Waals surface area contributed by atoms with Crippen LogP contribution in [0, 0.1) is 0 Å². The summed E-state index contributed by atoms with van der Waals surface area (Å²) >= 11 is 0. The molecular weight excluding hydrogens is 299 g/mol. The van der Waals surface area contributed by atoms with Crippen molar-refractivity contribution in [2.45, 2.75) is 75.9 Å². The van der Waals surface area contributed by atoms with E-state index in [-0.39, 0.29) is 25.1 Å². The zero-order valence-electron chi connectivity index (χ0n) is 12.9. The molecule has 1 N–H and O–H groups in total. The Morgan fingerprint density at radius 2 is 1.86 bits per heavy atom. The van der Waals surface area contributed by atoms with Gasteiger partial charge in [-0.3, -0.25) is 4.79 Å². The van der Waals surface area contributed by atoms with Crippen LogP contribution in [0.15, 0.2) is 0 Å². The number of likely N-dealkylation sites (tertiary alicyclic amines) is 1. The third kappa shape index (κ3) is 3.74. The van der Waals surface area contributed by atoms with Gasteiger partial charge in [0.2, 0.25) is 0 Å². The van der Waals surface area contributed by atoms with Gasteiger partial charge in [-0.2, -0.15) is 13.2 Å². The highest BCUT2D eigenvalue weighted by atomic mass is 19.4. The number of carbonyl (C=O) groups is 1. The molecule has 1 heterocycles. The van der Waals surface area contributed by atoms with Crippen LogP contribution in [0.1, 0.15) is 51.9 Å². The zero-order valence-corrected chi connectivity index (χ0v) is 12.9. The standard InChI is InChI=1S/C15H24F3NO3/c1-2-12(22-11-5-3-4-6-11)13(20)19-9-7-14(21,8-10-19)15(16,17)18/h11-12,21H,2-10H2,1H3. The first-order valence-electron chi connectivity index (χ1n) is 8.00. The summed E-state index contributed by atoms with van der Waals surface area (Å²) in [5, 5.41) is 9.64. The van der Waals surface area contributed by atoms with Crippen LogP contribution in [0.4, 0.5) is 13.2 Å². The van der Waals surface area contributed by atoms with E-state index in [1.807, 2.05) is 6.92 Å². The van der Waals surface area contributed by atoms with Gasteiger partial charge in [0.15, 0.2) is 5.60 Å². The predicted octanol–water partition coefficient (Wildman–Crippen LogP) is 2.64. The minimum atomic E-state index is -4.65. The molecule has 0 spiro atoms. The van der Waals surface area contributed by atoms with Gasteiger partial charge in [0, 0.05) is 25.9 Å². The summed E-state index contributed by atoms with van der Waals surface area (Å²) in [6.07, 6.45) is -1.50. The van der Waals surface area contributed by atoms with Crippen LogP contribution in [0.2, 0.25) is 0 Å². The van der Waals surface area contributed by atoms with Crippen molar-refractivity contribution in [1.82, 2.24) is 4.90 Å². The number of alkyl halides is 3. The molecule has 22 heavy (non-hydrogen) atoms. The Morgan fingerprint density at radius 3 is 2.32 bits per heavy atom. The van der Waals surface area contributed by atoms with E-state index in [1.54, 1.807) is 0 Å². The van der Waals surface area contributed by atoms with Crippen molar-refractivity contribution in [3.05, 3.63) is 0 Å². The molecule has 7 heteroatoms. The minimum absolute atomic E-state index is 0.0840. The number of piperidine rings is 1. The molecule has 0 radical (unpaired) electrons. The van der Waals surface area contributed by atoms with Gasteiger partial charge in [-0.25, -0.2) is 0 Å². The quantitative estimate of drug-likeness (QED) is 0.865. The molecule has 0 aromatic rings. The number of aliphatic hydroxyl groups is 1. The molecule has 2 fully saturated rings. The molecule has 1 aliphatic heterocycles. The lowest BCUT2D eigenvalue weighted by atomic mass is 9.90. The fourth-order valence-corrected chi connectivity index (χ4v) is 3.17. The fourth-order valence-electron chi connectivity index (χ4n) is 3.17. The van der Waals surface area contributed by atoms with Gasteiger partial charge in [0.1, 0.15) is 6.10 Å². The lowest BCUT2D eigenvalue weighted by Crippen LogP contribution is -2.56. The largest absolute Gasteiger partial charge is 0.417 e. The SMILES string of the molecule is CCC(OC1CCCC1)C(=O)N1CCC(O)(C(F)(F)F)CC1. The Hall–Kier alpha value is -0.820. The van der Waals surface area contributed by atoms with Crippen LogP contribution in [-0.4, -0.2) is 53.0 Å². The highest BCUT2D eigenvalue weighted by Gasteiger charge is 2.55. The molecule has 0 aromatic carbocycles. The number of nitrogens with zero attached hydrogens (tertiary/aromatic N) is 1. The van der Waals surface area contributed by atoms with Crippen LogP contribution in [0.5, 0.6) is 0 Å². The minimum Gasteiger partial charge on any atom is -0.380 e. The maximum absolute atomic E-state index is 12.8. The monoisotopic (exact) mass is 323 g/mol. The van der Waals surface area contributed by atoms with E-state index < -0.39 is 30.7 Å². The maximum Gasteiger partial charge on any atom is 0.417 e. The molecule has 1 saturated carbocycles. The Balaban J connectivity index is 1.90. The van der Waals surface area contributed by atoms with Crippen LogP contribution in [0.3, 0.4) is 0 Å². The molecule has 1 amide bonds. The number of amides is 1. The fraction of sp³-hybridized carbons (Fsp3) is 0.933. The summed E-state index contributed by atoms with van der Waals surface area (Å²) in [6, 6.07) is 0. The Bertz CT molecular complexity index is 386. The average Bonchev–Trinajstić information content (AvgIpc) is 2.96. The van der Waals surface area contributed by atoms with Crippen molar-refractivity contribution in [2.24, 2.45) is 0 Å². The van der Waals surface area contributed by atoms with Gasteiger partial charge >= 0.3 is 6.18 Å². The molecule has 1 atom stereocenters. The summed E-state index contributed by atoms with van der Waals surface area (Å²) in [6.45, 7) is 1.67. The molecule has 1 aliphatic carbocycles. The van der Waals surface area contributed by atoms with Crippen molar-refractivity contribution in [2.75, 3.05) is 13.1 Å². The number of hydrogen-bond donors (Lipinski definition) is 1. The first kappa shape index (κ1) is 17.5. The van der Waals surface area contributed by atoms with Gasteiger partial charge in [0.05, 0.1) is 6.10 Å². The summed E-state index contributed by atoms with van der Waals surface area (Å²) in [4.78, 5) is 13.8. The van der Waals surface area contributed by atoms with E-state index in [2.05, 4.69) is 0 Å². The van der Waals surface area contributed by atoms with E-state index in [0.29, 0.717) is 6.42 Å². The topological polar surface area (TPSA) is 49.8 Å². The van der Waals surface area contributed by atoms with E-state index >= 15 is 0 Å². The van der Waals surface area contributed by atoms with Gasteiger partial charge < -0.3 is 14.7 Å². The number of hydrogen-bond acceptors (Lipinski definition) is 3. The molecule has 128 valence electrons. The summed E-state index contributed by atoms with van der Waals surface area (Å²) in [7, 11) is 0. The second-order valence-corrected chi connectivity index (χ2v) is 6.29. The molecular formula is C15H24F3NO3. The highest BCUT2D eigenvalue weighted by Crippen LogP contribution is 2.38. The number of carbonyl (C=O) groups excluding carboxylic acids is 1. The Labute approximate surface area is 128 Å². The van der Waals surface area contributed by atoms with E-state index in [4.69, 9.17) is 4.74 Å². The second kappa shape index (κ2) is 6.74. The van der Waals surface area contributed by atoms with E-state index in [0.717, 1.165) is 25.7 Å². The van der Waals surface area contributed by atoms with Gasteiger partial charge in [-0.1, -0.05) is 19.8 Å². The third-order valence-electron chi connectivity index (χ3n) is 4.74. The molecule has 2 rings (SSSR count). The predicted molar refractivity (Wildman–Crippen MR) is 74.2 cm³/mol. The molecule has 4 nitrogen and oxygen atoms in total. The van der Waals surface area contributed by atoms with Crippen LogP contribution in [-0.2, 0) is 9.53 Å². The van der Waals surface area contributed by atoms with Crippen LogP contribution >= 0.6 is 0 Å². The second-order valence-electron chi connectivity index (χ2n) is 6.29. The maximum atomic E-state index is 12.8. The summed E-state index contributed by atoms with van der Waals surface area (Å²) in [5.41, 5.74) is -2.67. The first-order valence-corrected chi connectivity index (χ1v) is 8.00. The first-order chi connectivity index (χ1) is 10.3. The molecule has 2 aliphatic rings. The molecule has 1 saturated heterocycles. The lowest BCUT2D eigenvalue weighted by Gasteiger charge is -2.40. The van der Waals surface area contributed by atoms with Crippen molar-refractivity contribution < 1.29 is 27.8 Å². The zero-order chi connectivity index (χ0) is 16.4. The van der Waals surface area contributed by atoms with E-state index in [1.165, 1.54) is 4.90 Å². The number of halogens is 3. The van der Waals surface area contributed by atoms with Crippen LogP contribution in [0.25, 0.3) is 0 Å².